The molecule has 1 nitrogen and oxygen atoms in total. The van der Waals surface area contributed by atoms with Crippen molar-refractivity contribution < 1.29 is 5.11 Å². The number of hydrogen-bond donors (Lipinski definition) is 1. The molecule has 0 bridgehead atoms. The quantitative estimate of drug-likeness (QED) is 0.736. The van der Waals surface area contributed by atoms with Gasteiger partial charge in [0.1, 0.15) is 5.75 Å². The molecule has 18 heavy (non-hydrogen) atoms. The van der Waals surface area contributed by atoms with Crippen molar-refractivity contribution in [1.82, 2.24) is 0 Å². The molecule has 3 rings (SSSR count). The lowest BCUT2D eigenvalue weighted by Crippen LogP contribution is -2.10. The maximum atomic E-state index is 10.2. The molecule has 0 aromatic heterocycles. The van der Waals surface area contributed by atoms with Crippen LogP contribution in [0.3, 0.4) is 0 Å². The average molecular weight is 236 g/mol. The molecule has 0 fully saturated rings. The minimum absolute atomic E-state index is 0.204. The molecule has 0 spiro atoms. The maximum absolute atomic E-state index is 10.2. The van der Waals surface area contributed by atoms with E-state index in [1.54, 1.807) is 6.07 Å². The van der Waals surface area contributed by atoms with Gasteiger partial charge in [0.25, 0.3) is 0 Å². The summed E-state index contributed by atoms with van der Waals surface area (Å²) in [5.41, 5.74) is 6.01. The third-order valence-corrected chi connectivity index (χ3v) is 3.81. The van der Waals surface area contributed by atoms with E-state index >= 15 is 0 Å². The summed E-state index contributed by atoms with van der Waals surface area (Å²) in [6.45, 7) is 6.01. The molecule has 0 saturated carbocycles. The van der Waals surface area contributed by atoms with Crippen LogP contribution >= 0.6 is 0 Å². The van der Waals surface area contributed by atoms with Crippen molar-refractivity contribution in [2.75, 3.05) is 0 Å². The summed E-state index contributed by atoms with van der Waals surface area (Å²) in [4.78, 5) is 0. The first-order valence-corrected chi connectivity index (χ1v) is 6.25. The fraction of sp³-hybridized carbons (Fsp3) is 0.176. The van der Waals surface area contributed by atoms with Crippen LogP contribution in [0, 0.1) is 6.92 Å². The number of allylic oxidation sites excluding steroid dienone is 1. The van der Waals surface area contributed by atoms with Gasteiger partial charge in [-0.2, -0.15) is 0 Å². The van der Waals surface area contributed by atoms with Crippen molar-refractivity contribution in [3.05, 3.63) is 65.7 Å². The third kappa shape index (κ3) is 1.47. The zero-order valence-corrected chi connectivity index (χ0v) is 10.5. The monoisotopic (exact) mass is 236 g/mol. The highest BCUT2D eigenvalue weighted by molar-refractivity contribution is 5.79. The van der Waals surface area contributed by atoms with Gasteiger partial charge in [-0.25, -0.2) is 0 Å². The van der Waals surface area contributed by atoms with Crippen LogP contribution in [0.25, 0.3) is 11.1 Å². The summed E-state index contributed by atoms with van der Waals surface area (Å²) in [6.07, 6.45) is 2.86. The molecular weight excluding hydrogens is 220 g/mol. The Morgan fingerprint density at radius 1 is 1.22 bits per heavy atom. The van der Waals surface area contributed by atoms with Gasteiger partial charge in [0.05, 0.1) is 0 Å². The molecule has 0 heterocycles. The van der Waals surface area contributed by atoms with E-state index in [4.69, 9.17) is 0 Å². The first-order valence-electron chi connectivity index (χ1n) is 6.25. The van der Waals surface area contributed by atoms with E-state index in [0.29, 0.717) is 5.75 Å². The van der Waals surface area contributed by atoms with Gasteiger partial charge in [-0.15, -0.1) is 6.58 Å². The molecule has 0 radical (unpaired) electrons. The van der Waals surface area contributed by atoms with E-state index in [0.717, 1.165) is 12.0 Å². The second-order valence-corrected chi connectivity index (χ2v) is 4.89. The fourth-order valence-corrected chi connectivity index (χ4v) is 2.93. The fourth-order valence-electron chi connectivity index (χ4n) is 2.93. The lowest BCUT2D eigenvalue weighted by molar-refractivity contribution is 0.465. The molecular formula is C17H16O. The Kier molecular flexibility index (Phi) is 2.48. The topological polar surface area (TPSA) is 20.2 Å². The first kappa shape index (κ1) is 11.1. The van der Waals surface area contributed by atoms with Crippen LogP contribution < -0.4 is 0 Å². The Balaban J connectivity index is 2.38. The second-order valence-electron chi connectivity index (χ2n) is 4.89. The predicted octanol–water partition coefficient (Wildman–Crippen LogP) is 4.19. The maximum Gasteiger partial charge on any atom is 0.120 e. The molecule has 90 valence electrons. The largest absolute Gasteiger partial charge is 0.508 e. The molecule has 0 saturated heterocycles. The van der Waals surface area contributed by atoms with Gasteiger partial charge in [0.15, 0.2) is 0 Å². The minimum atomic E-state index is 0.204. The second kappa shape index (κ2) is 4.02. The number of benzene rings is 2. The highest BCUT2D eigenvalue weighted by Gasteiger charge is 2.26. The smallest absolute Gasteiger partial charge is 0.120 e. The standard InChI is InChI=1S/C17H16O/c1-3-12-10-13-6-4-5-7-14(13)16-11(2)8-9-15(18)17(12)16/h3-9,12,18H,1,10H2,2H3. The van der Waals surface area contributed by atoms with Crippen molar-refractivity contribution in [1.29, 1.82) is 0 Å². The van der Waals surface area contributed by atoms with E-state index in [2.05, 4.69) is 37.8 Å². The molecule has 0 amide bonds. The summed E-state index contributed by atoms with van der Waals surface area (Å²) in [6, 6.07) is 12.2. The number of phenolic OH excluding ortho intramolecular Hbond substituents is 1. The van der Waals surface area contributed by atoms with Crippen molar-refractivity contribution >= 4 is 0 Å². The molecule has 0 aliphatic heterocycles. The number of phenols is 1. The van der Waals surface area contributed by atoms with Crippen molar-refractivity contribution in [3.8, 4) is 16.9 Å². The van der Waals surface area contributed by atoms with Gasteiger partial charge in [-0.3, -0.25) is 0 Å². The SMILES string of the molecule is C=CC1Cc2ccccc2-c2c(C)ccc(O)c21. The lowest BCUT2D eigenvalue weighted by atomic mass is 9.77. The summed E-state index contributed by atoms with van der Waals surface area (Å²) in [7, 11) is 0. The Morgan fingerprint density at radius 3 is 2.78 bits per heavy atom. The van der Waals surface area contributed by atoms with Crippen molar-refractivity contribution in [3.63, 3.8) is 0 Å². The van der Waals surface area contributed by atoms with Gasteiger partial charge in [0, 0.05) is 11.5 Å². The van der Waals surface area contributed by atoms with Crippen LogP contribution in [-0.4, -0.2) is 5.11 Å². The van der Waals surface area contributed by atoms with Crippen LogP contribution in [-0.2, 0) is 6.42 Å². The molecule has 2 aromatic rings. The average Bonchev–Trinajstić information content (AvgIpc) is 2.41. The van der Waals surface area contributed by atoms with Crippen molar-refractivity contribution in [2.45, 2.75) is 19.3 Å². The van der Waals surface area contributed by atoms with E-state index in [9.17, 15) is 5.11 Å². The number of fused-ring (bicyclic) bond motifs is 3. The van der Waals surface area contributed by atoms with Crippen LogP contribution in [0.15, 0.2) is 49.1 Å². The van der Waals surface area contributed by atoms with Crippen LogP contribution in [0.2, 0.25) is 0 Å². The number of aryl methyl sites for hydroxylation is 1. The highest BCUT2D eigenvalue weighted by atomic mass is 16.3. The molecule has 1 aliphatic rings. The Morgan fingerprint density at radius 2 is 2.00 bits per heavy atom. The lowest BCUT2D eigenvalue weighted by Gasteiger charge is -2.28. The molecule has 1 heteroatoms. The van der Waals surface area contributed by atoms with Crippen LogP contribution in [0.5, 0.6) is 5.75 Å². The number of aromatic hydroxyl groups is 1. The highest BCUT2D eigenvalue weighted by Crippen LogP contribution is 2.45. The van der Waals surface area contributed by atoms with Crippen LogP contribution in [0.1, 0.15) is 22.6 Å². The van der Waals surface area contributed by atoms with Gasteiger partial charge in [-0.05, 0) is 41.7 Å². The first-order chi connectivity index (χ1) is 8.72. The van der Waals surface area contributed by atoms with Crippen LogP contribution in [0.4, 0.5) is 0 Å². The van der Waals surface area contributed by atoms with Gasteiger partial charge in [-0.1, -0.05) is 36.4 Å². The predicted molar refractivity (Wildman–Crippen MR) is 74.9 cm³/mol. The Labute approximate surface area is 107 Å². The molecule has 1 N–H and O–H groups in total. The summed E-state index contributed by atoms with van der Waals surface area (Å²) < 4.78 is 0. The molecule has 2 aromatic carbocycles. The Bertz CT molecular complexity index is 626. The zero-order chi connectivity index (χ0) is 12.7. The van der Waals surface area contributed by atoms with E-state index < -0.39 is 0 Å². The van der Waals surface area contributed by atoms with E-state index in [1.165, 1.54) is 22.3 Å². The summed E-state index contributed by atoms with van der Waals surface area (Å²) in [5, 5.41) is 10.2. The molecule has 1 atom stereocenters. The van der Waals surface area contributed by atoms with E-state index in [-0.39, 0.29) is 5.92 Å². The Hall–Kier alpha value is -2.02. The summed E-state index contributed by atoms with van der Waals surface area (Å²) in [5.74, 6) is 0.588. The molecule has 1 aliphatic carbocycles. The zero-order valence-electron chi connectivity index (χ0n) is 10.5. The van der Waals surface area contributed by atoms with Gasteiger partial charge < -0.3 is 5.11 Å². The minimum Gasteiger partial charge on any atom is -0.508 e. The normalized spacial score (nSPS) is 16.8. The van der Waals surface area contributed by atoms with Gasteiger partial charge >= 0.3 is 0 Å². The van der Waals surface area contributed by atoms with Crippen molar-refractivity contribution in [2.24, 2.45) is 0 Å². The van der Waals surface area contributed by atoms with Gasteiger partial charge in [0.2, 0.25) is 0 Å². The summed E-state index contributed by atoms with van der Waals surface area (Å²) >= 11 is 0. The molecule has 1 unspecified atom stereocenters. The number of hydrogen-bond acceptors (Lipinski definition) is 1. The third-order valence-electron chi connectivity index (χ3n) is 3.81. The van der Waals surface area contributed by atoms with E-state index in [1.807, 2.05) is 12.1 Å². The number of rotatable bonds is 1.